The first-order valence-electron chi connectivity index (χ1n) is 4.91. The van der Waals surface area contributed by atoms with E-state index in [2.05, 4.69) is 21.2 Å². The molecule has 0 bridgehead atoms. The lowest BCUT2D eigenvalue weighted by molar-refractivity contribution is -0.116. The molecular weight excluding hydrogens is 286 g/mol. The number of amides is 1. The van der Waals surface area contributed by atoms with Crippen LogP contribution in [0.25, 0.3) is 6.08 Å². The van der Waals surface area contributed by atoms with Gasteiger partial charge in [-0.3, -0.25) is 4.79 Å². The lowest BCUT2D eigenvalue weighted by Crippen LogP contribution is -2.20. The molecule has 0 aliphatic heterocycles. The first-order valence-corrected chi connectivity index (χ1v) is 6.58. The second-order valence-electron chi connectivity index (χ2n) is 3.53. The third-order valence-electron chi connectivity index (χ3n) is 1.77. The Balaban J connectivity index is 2.39. The summed E-state index contributed by atoms with van der Waals surface area (Å²) in [6.45, 7) is 4.59. The van der Waals surface area contributed by atoms with Gasteiger partial charge in [-0.2, -0.15) is 0 Å². The molecule has 0 unspecified atom stereocenters. The number of carbonyl (C=O) groups is 1. The minimum atomic E-state index is -0.0676. The van der Waals surface area contributed by atoms with Gasteiger partial charge in [0.25, 0.3) is 0 Å². The number of halogens is 1. The zero-order chi connectivity index (χ0) is 12.0. The topological polar surface area (TPSA) is 29.1 Å². The standard InChI is InChI=1S/C12H14BrNOS/c1-9(2)5-6-14-12(15)4-3-11-7-10(13)8-16-11/h3-5,7-8H,6H2,1-2H3,(H,14,15). The Kier molecular flexibility index (Phi) is 5.49. The summed E-state index contributed by atoms with van der Waals surface area (Å²) in [4.78, 5) is 12.4. The van der Waals surface area contributed by atoms with Crippen molar-refractivity contribution in [3.05, 3.63) is 38.5 Å². The van der Waals surface area contributed by atoms with Crippen molar-refractivity contribution in [1.29, 1.82) is 0 Å². The molecule has 1 heterocycles. The van der Waals surface area contributed by atoms with Gasteiger partial charge in [0.2, 0.25) is 5.91 Å². The fourth-order valence-electron chi connectivity index (χ4n) is 0.988. The Labute approximate surface area is 108 Å². The molecule has 0 spiro atoms. The highest BCUT2D eigenvalue weighted by molar-refractivity contribution is 9.10. The molecule has 0 atom stereocenters. The van der Waals surface area contributed by atoms with Crippen molar-refractivity contribution in [3.8, 4) is 0 Å². The predicted octanol–water partition coefficient (Wildman–Crippen LogP) is 3.61. The van der Waals surface area contributed by atoms with Crippen molar-refractivity contribution in [2.75, 3.05) is 6.54 Å². The van der Waals surface area contributed by atoms with Crippen LogP contribution in [0.3, 0.4) is 0 Å². The van der Waals surface area contributed by atoms with E-state index in [1.54, 1.807) is 17.4 Å². The molecule has 1 rings (SSSR count). The van der Waals surface area contributed by atoms with Crippen molar-refractivity contribution < 1.29 is 4.79 Å². The number of hydrogen-bond acceptors (Lipinski definition) is 2. The second-order valence-corrected chi connectivity index (χ2v) is 5.39. The van der Waals surface area contributed by atoms with Crippen molar-refractivity contribution >= 4 is 39.2 Å². The van der Waals surface area contributed by atoms with Crippen LogP contribution in [0.4, 0.5) is 0 Å². The van der Waals surface area contributed by atoms with Gasteiger partial charge < -0.3 is 5.32 Å². The molecule has 0 saturated carbocycles. The van der Waals surface area contributed by atoms with Crippen LogP contribution < -0.4 is 5.32 Å². The van der Waals surface area contributed by atoms with Crippen LogP contribution in [0.15, 0.2) is 33.6 Å². The maximum Gasteiger partial charge on any atom is 0.244 e. The Hall–Kier alpha value is -0.870. The minimum Gasteiger partial charge on any atom is -0.349 e. The van der Waals surface area contributed by atoms with Gasteiger partial charge in [0.15, 0.2) is 0 Å². The summed E-state index contributed by atoms with van der Waals surface area (Å²) in [6, 6.07) is 1.98. The number of hydrogen-bond donors (Lipinski definition) is 1. The highest BCUT2D eigenvalue weighted by Crippen LogP contribution is 2.20. The van der Waals surface area contributed by atoms with Crippen molar-refractivity contribution in [2.24, 2.45) is 0 Å². The number of allylic oxidation sites excluding steroid dienone is 1. The van der Waals surface area contributed by atoms with E-state index < -0.39 is 0 Å². The van der Waals surface area contributed by atoms with Crippen LogP contribution in [0.5, 0.6) is 0 Å². The van der Waals surface area contributed by atoms with E-state index in [0.717, 1.165) is 9.35 Å². The summed E-state index contributed by atoms with van der Waals surface area (Å²) in [5.41, 5.74) is 1.20. The lowest BCUT2D eigenvalue weighted by atomic mass is 10.3. The highest BCUT2D eigenvalue weighted by Gasteiger charge is 1.95. The Morgan fingerprint density at radius 2 is 2.31 bits per heavy atom. The van der Waals surface area contributed by atoms with E-state index in [-0.39, 0.29) is 5.91 Å². The summed E-state index contributed by atoms with van der Waals surface area (Å²) in [7, 11) is 0. The first kappa shape index (κ1) is 13.2. The molecule has 86 valence electrons. The van der Waals surface area contributed by atoms with Gasteiger partial charge in [-0.15, -0.1) is 11.3 Å². The van der Waals surface area contributed by atoms with Gasteiger partial charge in [-0.05, 0) is 41.9 Å². The van der Waals surface area contributed by atoms with Crippen LogP contribution in [0.2, 0.25) is 0 Å². The SMILES string of the molecule is CC(C)=CCNC(=O)C=Cc1cc(Br)cs1. The van der Waals surface area contributed by atoms with E-state index in [0.29, 0.717) is 6.54 Å². The largest absolute Gasteiger partial charge is 0.349 e. The molecule has 16 heavy (non-hydrogen) atoms. The van der Waals surface area contributed by atoms with Crippen LogP contribution in [-0.4, -0.2) is 12.5 Å². The molecular formula is C12H14BrNOS. The average Bonchev–Trinajstić information content (AvgIpc) is 2.61. The molecule has 0 aliphatic carbocycles. The van der Waals surface area contributed by atoms with Crippen molar-refractivity contribution in [2.45, 2.75) is 13.8 Å². The average molecular weight is 300 g/mol. The van der Waals surface area contributed by atoms with E-state index in [4.69, 9.17) is 0 Å². The Bertz CT molecular complexity index is 416. The van der Waals surface area contributed by atoms with Crippen LogP contribution >= 0.6 is 27.3 Å². The van der Waals surface area contributed by atoms with E-state index in [1.165, 1.54) is 5.57 Å². The molecule has 1 amide bonds. The third kappa shape index (κ3) is 5.28. The van der Waals surface area contributed by atoms with Crippen molar-refractivity contribution in [3.63, 3.8) is 0 Å². The normalized spacial score (nSPS) is 10.4. The molecule has 2 nitrogen and oxygen atoms in total. The zero-order valence-corrected chi connectivity index (χ0v) is 11.7. The molecule has 0 fully saturated rings. The van der Waals surface area contributed by atoms with Crippen molar-refractivity contribution in [1.82, 2.24) is 5.32 Å². The monoisotopic (exact) mass is 299 g/mol. The molecule has 1 N–H and O–H groups in total. The quantitative estimate of drug-likeness (QED) is 0.668. The summed E-state index contributed by atoms with van der Waals surface area (Å²) in [6.07, 6.45) is 5.35. The predicted molar refractivity (Wildman–Crippen MR) is 73.5 cm³/mol. The minimum absolute atomic E-state index is 0.0676. The molecule has 0 radical (unpaired) electrons. The van der Waals surface area contributed by atoms with Gasteiger partial charge in [-0.1, -0.05) is 11.6 Å². The lowest BCUT2D eigenvalue weighted by Gasteiger charge is -1.96. The molecule has 1 aromatic heterocycles. The Morgan fingerprint density at radius 3 is 2.88 bits per heavy atom. The van der Waals surface area contributed by atoms with Crippen LogP contribution in [-0.2, 0) is 4.79 Å². The number of thiophene rings is 1. The van der Waals surface area contributed by atoms with Gasteiger partial charge in [-0.25, -0.2) is 0 Å². The van der Waals surface area contributed by atoms with E-state index >= 15 is 0 Å². The van der Waals surface area contributed by atoms with Gasteiger partial charge in [0.1, 0.15) is 0 Å². The fourth-order valence-corrected chi connectivity index (χ4v) is 2.33. The van der Waals surface area contributed by atoms with E-state index in [1.807, 2.05) is 37.4 Å². The first-order chi connectivity index (χ1) is 7.58. The maximum atomic E-state index is 11.4. The smallest absolute Gasteiger partial charge is 0.244 e. The second kappa shape index (κ2) is 6.66. The van der Waals surface area contributed by atoms with Crippen LogP contribution in [0.1, 0.15) is 18.7 Å². The number of nitrogens with one attached hydrogen (secondary N) is 1. The number of carbonyl (C=O) groups excluding carboxylic acids is 1. The summed E-state index contributed by atoms with van der Waals surface area (Å²) >= 11 is 4.96. The maximum absolute atomic E-state index is 11.4. The summed E-state index contributed by atoms with van der Waals surface area (Å²) < 4.78 is 1.04. The molecule has 1 aromatic rings. The third-order valence-corrected chi connectivity index (χ3v) is 3.43. The van der Waals surface area contributed by atoms with Gasteiger partial charge in [0.05, 0.1) is 0 Å². The van der Waals surface area contributed by atoms with Crippen LogP contribution in [0, 0.1) is 0 Å². The van der Waals surface area contributed by atoms with Gasteiger partial charge >= 0.3 is 0 Å². The molecule has 0 saturated heterocycles. The zero-order valence-electron chi connectivity index (χ0n) is 9.29. The van der Waals surface area contributed by atoms with Gasteiger partial charge in [0, 0.05) is 27.4 Å². The molecule has 0 aliphatic rings. The fraction of sp³-hybridized carbons (Fsp3) is 0.250. The van der Waals surface area contributed by atoms with E-state index in [9.17, 15) is 4.79 Å². The Morgan fingerprint density at radius 1 is 1.56 bits per heavy atom. The number of rotatable bonds is 4. The summed E-state index contributed by atoms with van der Waals surface area (Å²) in [5.74, 6) is -0.0676. The summed E-state index contributed by atoms with van der Waals surface area (Å²) in [5, 5.41) is 4.77. The molecule has 0 aromatic carbocycles. The highest BCUT2D eigenvalue weighted by atomic mass is 79.9. The molecule has 4 heteroatoms.